The summed E-state index contributed by atoms with van der Waals surface area (Å²) in [6, 6.07) is 14.2. The fraction of sp³-hybridized carbons (Fsp3) is 0.353. The Balaban J connectivity index is 1.57. The zero-order valence-corrected chi connectivity index (χ0v) is 12.7. The predicted octanol–water partition coefficient (Wildman–Crippen LogP) is 1.51. The molecule has 6 heteroatoms. The quantitative estimate of drug-likeness (QED) is 0.784. The van der Waals surface area contributed by atoms with Gasteiger partial charge in [0.2, 0.25) is 0 Å². The number of morpholine rings is 1. The fourth-order valence-electron chi connectivity index (χ4n) is 3.30. The lowest BCUT2D eigenvalue weighted by molar-refractivity contribution is 0.0322. The van der Waals surface area contributed by atoms with Crippen molar-refractivity contribution in [3.63, 3.8) is 0 Å². The summed E-state index contributed by atoms with van der Waals surface area (Å²) in [7, 11) is 0. The Morgan fingerprint density at radius 3 is 2.70 bits per heavy atom. The summed E-state index contributed by atoms with van der Waals surface area (Å²) in [5.74, 6) is 0.850. The van der Waals surface area contributed by atoms with Crippen molar-refractivity contribution in [2.75, 3.05) is 31.1 Å². The number of fused-ring (bicyclic) bond motifs is 1. The van der Waals surface area contributed by atoms with Crippen LogP contribution in [-0.4, -0.2) is 53.5 Å². The topological polar surface area (TPSA) is 65.3 Å². The molecular formula is C17H17N5O. The second-order valence-corrected chi connectivity index (χ2v) is 5.82. The molecule has 2 fully saturated rings. The van der Waals surface area contributed by atoms with Crippen molar-refractivity contribution in [1.29, 1.82) is 5.26 Å². The van der Waals surface area contributed by atoms with Crippen molar-refractivity contribution in [2.45, 2.75) is 12.1 Å². The van der Waals surface area contributed by atoms with Gasteiger partial charge in [0.1, 0.15) is 0 Å². The lowest BCUT2D eigenvalue weighted by Crippen LogP contribution is -2.51. The molecule has 1 aromatic heterocycles. The molecule has 4 rings (SSSR count). The van der Waals surface area contributed by atoms with E-state index in [2.05, 4.69) is 21.3 Å². The summed E-state index contributed by atoms with van der Waals surface area (Å²) < 4.78 is 5.80. The fourth-order valence-corrected chi connectivity index (χ4v) is 3.30. The summed E-state index contributed by atoms with van der Waals surface area (Å²) >= 11 is 0. The summed E-state index contributed by atoms with van der Waals surface area (Å²) in [5, 5.41) is 17.9. The zero-order valence-electron chi connectivity index (χ0n) is 12.7. The second-order valence-electron chi connectivity index (χ2n) is 5.82. The number of hydrogen-bond acceptors (Lipinski definition) is 6. The van der Waals surface area contributed by atoms with E-state index in [0.29, 0.717) is 19.7 Å². The van der Waals surface area contributed by atoms with E-state index in [-0.39, 0.29) is 12.1 Å². The first-order valence-corrected chi connectivity index (χ1v) is 7.77. The van der Waals surface area contributed by atoms with Crippen molar-refractivity contribution >= 4 is 5.82 Å². The molecule has 2 saturated heterocycles. The lowest BCUT2D eigenvalue weighted by Gasteiger charge is -2.37. The Hall–Kier alpha value is -2.65. The average molecular weight is 307 g/mol. The number of nitriles is 1. The molecule has 2 aromatic rings. The summed E-state index contributed by atoms with van der Waals surface area (Å²) in [5.41, 5.74) is 1.92. The number of anilines is 1. The van der Waals surface area contributed by atoms with Gasteiger partial charge in [-0.25, -0.2) is 0 Å². The van der Waals surface area contributed by atoms with Gasteiger partial charge in [0, 0.05) is 12.1 Å². The molecule has 2 aliphatic heterocycles. The molecule has 2 atom stereocenters. The Bertz CT molecular complexity index is 712. The van der Waals surface area contributed by atoms with Crippen LogP contribution in [0.5, 0.6) is 0 Å². The summed E-state index contributed by atoms with van der Waals surface area (Å²) in [6.07, 6.45) is 2.28. The van der Waals surface area contributed by atoms with E-state index in [1.54, 1.807) is 4.90 Å². The number of benzene rings is 1. The average Bonchev–Trinajstić information content (AvgIpc) is 3.06. The molecule has 0 spiro atoms. The van der Waals surface area contributed by atoms with Crippen LogP contribution in [0.25, 0.3) is 11.3 Å². The van der Waals surface area contributed by atoms with E-state index in [0.717, 1.165) is 23.6 Å². The highest BCUT2D eigenvalue weighted by Crippen LogP contribution is 2.27. The third-order valence-electron chi connectivity index (χ3n) is 4.46. The van der Waals surface area contributed by atoms with E-state index in [9.17, 15) is 0 Å². The van der Waals surface area contributed by atoms with Crippen LogP contribution in [-0.2, 0) is 4.74 Å². The predicted molar refractivity (Wildman–Crippen MR) is 85.5 cm³/mol. The number of ether oxygens (including phenoxy) is 1. The molecule has 2 aliphatic rings. The third-order valence-corrected chi connectivity index (χ3v) is 4.46. The van der Waals surface area contributed by atoms with Gasteiger partial charge in [-0.3, -0.25) is 0 Å². The SMILES string of the molecule is N#CN1C[C@H]2OCCN(c3ccc(-c4ccccc4)nn3)[C@H]2C1. The minimum atomic E-state index is 0.0685. The molecule has 0 amide bonds. The van der Waals surface area contributed by atoms with E-state index >= 15 is 0 Å². The van der Waals surface area contributed by atoms with Crippen molar-refractivity contribution in [1.82, 2.24) is 15.1 Å². The van der Waals surface area contributed by atoms with E-state index < -0.39 is 0 Å². The highest BCUT2D eigenvalue weighted by Gasteiger charge is 2.40. The van der Waals surface area contributed by atoms with Crippen molar-refractivity contribution in [3.8, 4) is 17.5 Å². The van der Waals surface area contributed by atoms with Gasteiger partial charge in [0.05, 0.1) is 37.5 Å². The maximum absolute atomic E-state index is 9.11. The smallest absolute Gasteiger partial charge is 0.179 e. The second kappa shape index (κ2) is 5.86. The number of nitrogens with zero attached hydrogens (tertiary/aromatic N) is 5. The van der Waals surface area contributed by atoms with Crippen LogP contribution in [0, 0.1) is 11.5 Å². The van der Waals surface area contributed by atoms with E-state index in [4.69, 9.17) is 10.00 Å². The molecule has 3 heterocycles. The first-order chi connectivity index (χ1) is 11.3. The maximum atomic E-state index is 9.11. The van der Waals surface area contributed by atoms with Crippen LogP contribution in [0.15, 0.2) is 42.5 Å². The lowest BCUT2D eigenvalue weighted by atomic mass is 10.1. The van der Waals surface area contributed by atoms with Crippen molar-refractivity contribution < 1.29 is 4.74 Å². The minimum Gasteiger partial charge on any atom is -0.372 e. The van der Waals surface area contributed by atoms with E-state index in [1.807, 2.05) is 42.5 Å². The minimum absolute atomic E-state index is 0.0685. The number of likely N-dealkylation sites (tertiary alicyclic amines) is 1. The third kappa shape index (κ3) is 2.60. The highest BCUT2D eigenvalue weighted by molar-refractivity contribution is 5.59. The Morgan fingerprint density at radius 1 is 1.09 bits per heavy atom. The van der Waals surface area contributed by atoms with Crippen LogP contribution >= 0.6 is 0 Å². The molecule has 1 aromatic carbocycles. The molecule has 0 saturated carbocycles. The van der Waals surface area contributed by atoms with Gasteiger partial charge in [0.15, 0.2) is 12.0 Å². The van der Waals surface area contributed by atoms with Crippen LogP contribution < -0.4 is 4.90 Å². The Kier molecular flexibility index (Phi) is 3.56. The molecule has 23 heavy (non-hydrogen) atoms. The molecule has 0 radical (unpaired) electrons. The van der Waals surface area contributed by atoms with Gasteiger partial charge < -0.3 is 14.5 Å². The zero-order chi connectivity index (χ0) is 15.6. The summed E-state index contributed by atoms with van der Waals surface area (Å²) in [4.78, 5) is 3.96. The van der Waals surface area contributed by atoms with Crippen LogP contribution in [0.4, 0.5) is 5.82 Å². The van der Waals surface area contributed by atoms with Gasteiger partial charge in [-0.05, 0) is 12.1 Å². The normalized spacial score (nSPS) is 23.4. The van der Waals surface area contributed by atoms with Gasteiger partial charge in [-0.15, -0.1) is 10.2 Å². The molecule has 116 valence electrons. The molecule has 0 unspecified atom stereocenters. The number of aromatic nitrogens is 2. The molecule has 0 bridgehead atoms. The first kappa shape index (κ1) is 14.0. The summed E-state index contributed by atoms with van der Waals surface area (Å²) in [6.45, 7) is 2.78. The van der Waals surface area contributed by atoms with Gasteiger partial charge in [-0.2, -0.15) is 5.26 Å². The molecule has 0 aliphatic carbocycles. The van der Waals surface area contributed by atoms with Crippen LogP contribution in [0.3, 0.4) is 0 Å². The van der Waals surface area contributed by atoms with Gasteiger partial charge in [-0.1, -0.05) is 30.3 Å². The van der Waals surface area contributed by atoms with Gasteiger partial charge >= 0.3 is 0 Å². The largest absolute Gasteiger partial charge is 0.372 e. The first-order valence-electron chi connectivity index (χ1n) is 7.77. The van der Waals surface area contributed by atoms with Crippen LogP contribution in [0.2, 0.25) is 0 Å². The standard InChI is InChI=1S/C17H17N5O/c18-12-21-10-15-16(11-21)23-9-8-22(15)17-7-6-14(19-20-17)13-4-2-1-3-5-13/h1-7,15-16H,8-11H2/t15-,16+/m0/s1. The van der Waals surface area contributed by atoms with Crippen LogP contribution in [0.1, 0.15) is 0 Å². The maximum Gasteiger partial charge on any atom is 0.179 e. The Labute approximate surface area is 134 Å². The van der Waals surface area contributed by atoms with Crippen molar-refractivity contribution in [2.24, 2.45) is 0 Å². The molecule has 6 nitrogen and oxygen atoms in total. The Morgan fingerprint density at radius 2 is 1.96 bits per heavy atom. The molecule has 0 N–H and O–H groups in total. The monoisotopic (exact) mass is 307 g/mol. The number of hydrogen-bond donors (Lipinski definition) is 0. The number of rotatable bonds is 2. The van der Waals surface area contributed by atoms with E-state index in [1.165, 1.54) is 0 Å². The molecular weight excluding hydrogens is 290 g/mol. The highest BCUT2D eigenvalue weighted by atomic mass is 16.5. The van der Waals surface area contributed by atoms with Gasteiger partial charge in [0.25, 0.3) is 0 Å². The van der Waals surface area contributed by atoms with Crippen molar-refractivity contribution in [3.05, 3.63) is 42.5 Å².